The zero-order valence-electron chi connectivity index (χ0n) is 11.3. The minimum atomic E-state index is -3.59. The number of aryl methyl sites for hydroxylation is 2. The van der Waals surface area contributed by atoms with Gasteiger partial charge in [0.15, 0.2) is 0 Å². The largest absolute Gasteiger partial charge is 0.391 e. The van der Waals surface area contributed by atoms with Crippen LogP contribution in [-0.2, 0) is 30.1 Å². The van der Waals surface area contributed by atoms with E-state index < -0.39 is 10.0 Å². The Hall–Kier alpha value is -1.22. The van der Waals surface area contributed by atoms with Gasteiger partial charge in [-0.3, -0.25) is 0 Å². The Labute approximate surface area is 122 Å². The van der Waals surface area contributed by atoms with Gasteiger partial charge in [-0.05, 0) is 17.9 Å². The van der Waals surface area contributed by atoms with Gasteiger partial charge in [-0.2, -0.15) is 0 Å². The Kier molecular flexibility index (Phi) is 4.59. The average Bonchev–Trinajstić information content (AvgIpc) is 2.96. The SMILES string of the molecule is Cc1csc(CO)c1S(=O)(=O)NCCc1nccn1C. The summed E-state index contributed by atoms with van der Waals surface area (Å²) >= 11 is 1.25. The van der Waals surface area contributed by atoms with E-state index in [9.17, 15) is 13.5 Å². The van der Waals surface area contributed by atoms with Crippen molar-refractivity contribution in [2.45, 2.75) is 24.8 Å². The second-order valence-electron chi connectivity index (χ2n) is 4.43. The lowest BCUT2D eigenvalue weighted by molar-refractivity contribution is 0.282. The standard InChI is InChI=1S/C12H17N3O3S2/c1-9-8-19-10(7-16)12(9)20(17,18)14-4-3-11-13-5-6-15(11)2/h5-6,8,14,16H,3-4,7H2,1-2H3. The topological polar surface area (TPSA) is 84.2 Å². The van der Waals surface area contributed by atoms with Gasteiger partial charge >= 0.3 is 0 Å². The Bertz CT molecular complexity index is 689. The molecule has 0 saturated heterocycles. The number of aliphatic hydroxyl groups excluding tert-OH is 1. The van der Waals surface area contributed by atoms with E-state index in [2.05, 4.69) is 9.71 Å². The van der Waals surface area contributed by atoms with Crippen molar-refractivity contribution in [3.05, 3.63) is 34.0 Å². The van der Waals surface area contributed by atoms with Crippen LogP contribution in [0.4, 0.5) is 0 Å². The fourth-order valence-corrected chi connectivity index (χ4v) is 4.65. The predicted molar refractivity (Wildman–Crippen MR) is 77.1 cm³/mol. The van der Waals surface area contributed by atoms with E-state index in [0.29, 0.717) is 16.9 Å². The Morgan fingerprint density at radius 1 is 1.50 bits per heavy atom. The summed E-state index contributed by atoms with van der Waals surface area (Å²) in [7, 11) is -1.73. The maximum absolute atomic E-state index is 12.3. The van der Waals surface area contributed by atoms with Crippen LogP contribution < -0.4 is 4.72 Å². The lowest BCUT2D eigenvalue weighted by atomic mass is 10.3. The molecule has 0 amide bonds. The Morgan fingerprint density at radius 3 is 2.85 bits per heavy atom. The van der Waals surface area contributed by atoms with Crippen molar-refractivity contribution in [1.82, 2.24) is 14.3 Å². The van der Waals surface area contributed by atoms with E-state index in [1.165, 1.54) is 11.3 Å². The van der Waals surface area contributed by atoms with Gasteiger partial charge in [0.1, 0.15) is 10.7 Å². The van der Waals surface area contributed by atoms with Gasteiger partial charge < -0.3 is 9.67 Å². The van der Waals surface area contributed by atoms with Gasteiger partial charge in [0, 0.05) is 32.4 Å². The second-order valence-corrected chi connectivity index (χ2v) is 7.10. The monoisotopic (exact) mass is 315 g/mol. The zero-order valence-corrected chi connectivity index (χ0v) is 13.0. The molecule has 0 unspecified atom stereocenters. The fourth-order valence-electron chi connectivity index (χ4n) is 1.96. The van der Waals surface area contributed by atoms with Crippen molar-refractivity contribution in [3.63, 3.8) is 0 Å². The first kappa shape index (κ1) is 15.2. The first-order valence-electron chi connectivity index (χ1n) is 6.09. The summed E-state index contributed by atoms with van der Waals surface area (Å²) in [6.45, 7) is 1.73. The van der Waals surface area contributed by atoms with Gasteiger partial charge in [0.25, 0.3) is 0 Å². The van der Waals surface area contributed by atoms with Crippen LogP contribution in [-0.4, -0.2) is 29.6 Å². The van der Waals surface area contributed by atoms with Gasteiger partial charge in [-0.25, -0.2) is 18.1 Å². The highest BCUT2D eigenvalue weighted by atomic mass is 32.2. The molecule has 6 nitrogen and oxygen atoms in total. The van der Waals surface area contributed by atoms with E-state index >= 15 is 0 Å². The van der Waals surface area contributed by atoms with Crippen LogP contribution in [0.1, 0.15) is 16.3 Å². The van der Waals surface area contributed by atoms with E-state index in [0.717, 1.165) is 5.82 Å². The van der Waals surface area contributed by atoms with Crippen molar-refractivity contribution < 1.29 is 13.5 Å². The van der Waals surface area contributed by atoms with Crippen LogP contribution in [0, 0.1) is 6.92 Å². The Morgan fingerprint density at radius 2 is 2.25 bits per heavy atom. The van der Waals surface area contributed by atoms with Crippen LogP contribution >= 0.6 is 11.3 Å². The molecule has 2 heterocycles. The number of nitrogens with zero attached hydrogens (tertiary/aromatic N) is 2. The minimum Gasteiger partial charge on any atom is -0.391 e. The molecule has 0 fully saturated rings. The first-order chi connectivity index (χ1) is 9.45. The molecular weight excluding hydrogens is 298 g/mol. The molecule has 0 saturated carbocycles. The summed E-state index contributed by atoms with van der Waals surface area (Å²) in [4.78, 5) is 4.80. The van der Waals surface area contributed by atoms with E-state index in [-0.39, 0.29) is 18.0 Å². The zero-order chi connectivity index (χ0) is 14.8. The molecule has 0 aliphatic rings. The number of thiophene rings is 1. The van der Waals surface area contributed by atoms with Crippen molar-refractivity contribution in [2.75, 3.05) is 6.54 Å². The molecule has 110 valence electrons. The smallest absolute Gasteiger partial charge is 0.242 e. The summed E-state index contributed by atoms with van der Waals surface area (Å²) in [5.41, 5.74) is 0.656. The highest BCUT2D eigenvalue weighted by Crippen LogP contribution is 2.26. The van der Waals surface area contributed by atoms with Gasteiger partial charge in [-0.15, -0.1) is 11.3 Å². The maximum Gasteiger partial charge on any atom is 0.242 e. The van der Waals surface area contributed by atoms with Crippen LogP contribution in [0.2, 0.25) is 0 Å². The third-order valence-corrected chi connectivity index (χ3v) is 5.87. The molecule has 0 bridgehead atoms. The molecule has 0 aliphatic carbocycles. The number of sulfonamides is 1. The third kappa shape index (κ3) is 3.09. The summed E-state index contributed by atoms with van der Waals surface area (Å²) in [6, 6.07) is 0. The molecule has 8 heteroatoms. The molecule has 0 aliphatic heterocycles. The van der Waals surface area contributed by atoms with Crippen molar-refractivity contribution in [1.29, 1.82) is 0 Å². The summed E-state index contributed by atoms with van der Waals surface area (Å²) in [5, 5.41) is 10.9. The third-order valence-electron chi connectivity index (χ3n) is 2.96. The van der Waals surface area contributed by atoms with Crippen LogP contribution in [0.3, 0.4) is 0 Å². The fraction of sp³-hybridized carbons (Fsp3) is 0.417. The van der Waals surface area contributed by atoms with E-state index in [1.54, 1.807) is 18.5 Å². The van der Waals surface area contributed by atoms with Crippen molar-refractivity contribution in [3.8, 4) is 0 Å². The highest BCUT2D eigenvalue weighted by Gasteiger charge is 2.22. The minimum absolute atomic E-state index is 0.199. The quantitative estimate of drug-likeness (QED) is 0.826. The van der Waals surface area contributed by atoms with Crippen molar-refractivity contribution >= 4 is 21.4 Å². The molecule has 20 heavy (non-hydrogen) atoms. The van der Waals surface area contributed by atoms with Gasteiger partial charge in [-0.1, -0.05) is 0 Å². The van der Waals surface area contributed by atoms with Crippen molar-refractivity contribution in [2.24, 2.45) is 7.05 Å². The predicted octanol–water partition coefficient (Wildman–Crippen LogP) is 0.803. The highest BCUT2D eigenvalue weighted by molar-refractivity contribution is 7.89. The number of aromatic nitrogens is 2. The summed E-state index contributed by atoms with van der Waals surface area (Å²) in [6.07, 6.45) is 4.01. The molecule has 0 spiro atoms. The maximum atomic E-state index is 12.3. The number of rotatable bonds is 6. The van der Waals surface area contributed by atoms with Crippen LogP contribution in [0.5, 0.6) is 0 Å². The second kappa shape index (κ2) is 6.04. The molecular formula is C12H17N3O3S2. The molecule has 2 aromatic heterocycles. The molecule has 0 radical (unpaired) electrons. The lowest BCUT2D eigenvalue weighted by Crippen LogP contribution is -2.27. The molecule has 0 aromatic carbocycles. The number of hydrogen-bond donors (Lipinski definition) is 2. The van der Waals surface area contributed by atoms with Gasteiger partial charge in [0.05, 0.1) is 11.5 Å². The number of nitrogens with one attached hydrogen (secondary N) is 1. The molecule has 0 atom stereocenters. The number of hydrogen-bond acceptors (Lipinski definition) is 5. The molecule has 2 N–H and O–H groups in total. The normalized spacial score (nSPS) is 11.9. The van der Waals surface area contributed by atoms with Crippen LogP contribution in [0.25, 0.3) is 0 Å². The first-order valence-corrected chi connectivity index (χ1v) is 8.45. The number of imidazole rings is 1. The summed E-state index contributed by atoms with van der Waals surface area (Å²) < 4.78 is 28.9. The van der Waals surface area contributed by atoms with Gasteiger partial charge in [0.2, 0.25) is 10.0 Å². The van der Waals surface area contributed by atoms with E-state index in [4.69, 9.17) is 0 Å². The lowest BCUT2D eigenvalue weighted by Gasteiger charge is -2.08. The van der Waals surface area contributed by atoms with Crippen LogP contribution in [0.15, 0.2) is 22.7 Å². The van der Waals surface area contributed by atoms with E-state index in [1.807, 2.05) is 17.8 Å². The number of aliphatic hydroxyl groups is 1. The molecule has 2 aromatic rings. The average molecular weight is 315 g/mol. The molecule has 2 rings (SSSR count). The summed E-state index contributed by atoms with van der Waals surface area (Å²) in [5.74, 6) is 0.817. The Balaban J connectivity index is 2.08.